The van der Waals surface area contributed by atoms with Crippen LogP contribution in [0.25, 0.3) is 0 Å². The van der Waals surface area contributed by atoms with Gasteiger partial charge in [-0.25, -0.2) is 9.97 Å². The first-order valence-corrected chi connectivity index (χ1v) is 2.15. The third-order valence-electron chi connectivity index (χ3n) is 0.478. The Bertz CT molecular complexity index is 139. The van der Waals surface area contributed by atoms with Crippen molar-refractivity contribution < 1.29 is 0 Å². The zero-order chi connectivity index (χ0) is 6.95. The van der Waals surface area contributed by atoms with Crippen LogP contribution in [-0.2, 0) is 0 Å². The fraction of sp³-hybridized carbons (Fsp3) is 0. The van der Waals surface area contributed by atoms with Crippen LogP contribution in [0, 0.1) is 11.1 Å². The molecule has 0 atom stereocenters. The molecule has 1 aromatic heterocycles. The van der Waals surface area contributed by atoms with E-state index >= 15 is 0 Å². The highest BCUT2D eigenvalue weighted by atomic mass is 15.0. The van der Waals surface area contributed by atoms with Crippen molar-refractivity contribution in [1.82, 2.24) is 14.9 Å². The number of hydrogen-bond donors (Lipinski definition) is 2. The molecule has 0 amide bonds. The minimum Gasteiger partial charge on any atom is -0.245 e. The summed E-state index contributed by atoms with van der Waals surface area (Å²) in [7, 11) is 0. The lowest BCUT2D eigenvalue weighted by molar-refractivity contribution is 0.928. The topological polar surface area (TPSA) is 87.6 Å². The summed E-state index contributed by atoms with van der Waals surface area (Å²) in [6, 6.07) is 1.78. The van der Waals surface area contributed by atoms with Gasteiger partial charge in [0, 0.05) is 12.4 Å². The Balaban J connectivity index is 0.000000187. The van der Waals surface area contributed by atoms with E-state index in [-0.39, 0.29) is 0 Å². The monoisotopic (exact) mass is 124 g/mol. The summed E-state index contributed by atoms with van der Waals surface area (Å²) in [5, 5.41) is 0. The highest BCUT2D eigenvalue weighted by Crippen LogP contribution is 1.66. The van der Waals surface area contributed by atoms with Crippen LogP contribution < -0.4 is 4.91 Å². The van der Waals surface area contributed by atoms with E-state index < -0.39 is 0 Å². The lowest BCUT2D eigenvalue weighted by atomic mass is 10.7. The normalized spacial score (nSPS) is 6.22. The molecule has 0 fully saturated rings. The summed E-state index contributed by atoms with van der Waals surface area (Å²) < 4.78 is 0. The van der Waals surface area contributed by atoms with Crippen LogP contribution >= 0.6 is 0 Å². The fourth-order valence-corrected chi connectivity index (χ4v) is 0.253. The zero-order valence-corrected chi connectivity index (χ0v) is 4.65. The number of rotatable bonds is 0. The molecule has 0 radical (unpaired) electrons. The van der Waals surface area contributed by atoms with Gasteiger partial charge in [0.2, 0.25) is 4.91 Å². The van der Waals surface area contributed by atoms with E-state index in [1.54, 1.807) is 18.5 Å². The summed E-state index contributed by atoms with van der Waals surface area (Å²) in [4.78, 5) is 9.35. The van der Waals surface area contributed by atoms with Crippen LogP contribution in [0.15, 0.2) is 24.8 Å². The van der Waals surface area contributed by atoms with Gasteiger partial charge in [0.05, 0.1) is 0 Å². The molecule has 0 aliphatic heterocycles. The summed E-state index contributed by atoms with van der Waals surface area (Å²) in [6.07, 6.45) is 4.88. The van der Waals surface area contributed by atoms with E-state index in [0.29, 0.717) is 0 Å². The Hall–Kier alpha value is -1.61. The van der Waals surface area contributed by atoms with Gasteiger partial charge >= 0.3 is 0 Å². The van der Waals surface area contributed by atoms with Crippen molar-refractivity contribution in [3.05, 3.63) is 24.8 Å². The molecule has 0 aliphatic carbocycles. The average Bonchev–Trinajstić information content (AvgIpc) is 1.93. The zero-order valence-electron chi connectivity index (χ0n) is 4.65. The van der Waals surface area contributed by atoms with Crippen molar-refractivity contribution in [1.29, 1.82) is 11.1 Å². The Labute approximate surface area is 51.8 Å². The Morgan fingerprint density at radius 1 is 1.11 bits per heavy atom. The molecule has 0 aliphatic rings. The molecule has 0 saturated carbocycles. The molecule has 5 nitrogen and oxygen atoms in total. The third kappa shape index (κ3) is 6.39. The Morgan fingerprint density at radius 2 is 1.56 bits per heavy atom. The predicted molar refractivity (Wildman–Crippen MR) is 29.6 cm³/mol. The van der Waals surface area contributed by atoms with Crippen molar-refractivity contribution in [2.75, 3.05) is 0 Å². The molecule has 1 rings (SSSR count). The molecule has 0 aromatic carbocycles. The number of aromatic nitrogens is 2. The van der Waals surface area contributed by atoms with Gasteiger partial charge in [0.25, 0.3) is 0 Å². The molecule has 2 N–H and O–H groups in total. The highest BCUT2D eigenvalue weighted by Gasteiger charge is 1.59. The number of hydrogen-bond acceptors (Lipinski definition) is 4. The standard InChI is InChI=1S/C4H4N2.H2N3/c1-2-5-4-6-3-1;1-3-2/h1-4H;1-2H/q;+1. The largest absolute Gasteiger partial charge is 0.245 e. The van der Waals surface area contributed by atoms with E-state index in [9.17, 15) is 0 Å². The molecule has 5 heteroatoms. The van der Waals surface area contributed by atoms with Crippen molar-refractivity contribution in [3.8, 4) is 0 Å². The first-order chi connectivity index (χ1) is 4.41. The summed E-state index contributed by atoms with van der Waals surface area (Å²) in [5.41, 5.74) is 11.0. The molecule has 1 heterocycles. The van der Waals surface area contributed by atoms with E-state index in [0.717, 1.165) is 0 Å². The Kier molecular flexibility index (Phi) is 5.25. The number of nitrogens with zero attached hydrogens (tertiary/aromatic N) is 3. The minimum atomic E-state index is 1.50. The van der Waals surface area contributed by atoms with Crippen molar-refractivity contribution in [3.63, 3.8) is 0 Å². The SMILES string of the molecule is N=[N+]=N.c1cncnc1. The van der Waals surface area contributed by atoms with E-state index in [1.165, 1.54) is 6.33 Å². The maximum absolute atomic E-state index is 5.50. The molecular weight excluding hydrogens is 118 g/mol. The summed E-state index contributed by atoms with van der Waals surface area (Å²) in [6.45, 7) is 0. The molecule has 0 bridgehead atoms. The second kappa shape index (κ2) is 6.39. The fourth-order valence-electron chi connectivity index (χ4n) is 0.253. The summed E-state index contributed by atoms with van der Waals surface area (Å²) >= 11 is 0. The average molecular weight is 124 g/mol. The molecule has 0 unspecified atom stereocenters. The lowest BCUT2D eigenvalue weighted by Gasteiger charge is -1.70. The summed E-state index contributed by atoms with van der Waals surface area (Å²) in [5.74, 6) is 0. The smallest absolute Gasteiger partial charge is 0.211 e. The first-order valence-electron chi connectivity index (χ1n) is 2.15. The maximum atomic E-state index is 5.50. The quantitative estimate of drug-likeness (QED) is 0.391. The maximum Gasteiger partial charge on any atom is 0.211 e. The van der Waals surface area contributed by atoms with E-state index in [4.69, 9.17) is 11.1 Å². The van der Waals surface area contributed by atoms with Crippen molar-refractivity contribution in [2.24, 2.45) is 0 Å². The van der Waals surface area contributed by atoms with E-state index in [1.807, 2.05) is 4.91 Å². The van der Waals surface area contributed by atoms with Gasteiger partial charge in [-0.1, -0.05) is 0 Å². The van der Waals surface area contributed by atoms with Crippen LogP contribution in [0.5, 0.6) is 0 Å². The van der Waals surface area contributed by atoms with Crippen molar-refractivity contribution >= 4 is 0 Å². The molecule has 9 heavy (non-hydrogen) atoms. The lowest BCUT2D eigenvalue weighted by Crippen LogP contribution is -1.66. The first kappa shape index (κ1) is 7.39. The van der Waals surface area contributed by atoms with Gasteiger partial charge in [-0.2, -0.15) is 0 Å². The van der Waals surface area contributed by atoms with Crippen LogP contribution in [0.1, 0.15) is 0 Å². The molecule has 0 spiro atoms. The van der Waals surface area contributed by atoms with Crippen molar-refractivity contribution in [2.45, 2.75) is 0 Å². The van der Waals surface area contributed by atoms with Crippen LogP contribution in [-0.4, -0.2) is 9.97 Å². The Morgan fingerprint density at radius 3 is 1.67 bits per heavy atom. The third-order valence-corrected chi connectivity index (χ3v) is 0.478. The van der Waals surface area contributed by atoms with Gasteiger partial charge in [0.1, 0.15) is 17.4 Å². The van der Waals surface area contributed by atoms with Crippen LogP contribution in [0.3, 0.4) is 0 Å². The molecule has 46 valence electrons. The van der Waals surface area contributed by atoms with Crippen LogP contribution in [0.4, 0.5) is 0 Å². The minimum absolute atomic E-state index is 1.50. The van der Waals surface area contributed by atoms with Gasteiger partial charge < -0.3 is 0 Å². The van der Waals surface area contributed by atoms with E-state index in [2.05, 4.69) is 9.97 Å². The number of nitrogens with one attached hydrogen (secondary N) is 2. The molecule has 0 saturated heterocycles. The second-order valence-corrected chi connectivity index (χ2v) is 1.02. The molecular formula is C4H6N5+. The van der Waals surface area contributed by atoms with Crippen LogP contribution in [0.2, 0.25) is 0 Å². The van der Waals surface area contributed by atoms with Gasteiger partial charge in [-0.3, -0.25) is 0 Å². The van der Waals surface area contributed by atoms with Gasteiger partial charge in [-0.05, 0) is 6.07 Å². The second-order valence-electron chi connectivity index (χ2n) is 1.02. The highest BCUT2D eigenvalue weighted by molar-refractivity contribution is 4.74. The van der Waals surface area contributed by atoms with Gasteiger partial charge in [0.15, 0.2) is 0 Å². The predicted octanol–water partition coefficient (Wildman–Crippen LogP) is 0.592. The molecule has 1 aromatic rings. The van der Waals surface area contributed by atoms with Gasteiger partial charge in [-0.15, -0.1) is 0 Å².